The molecule has 6 heteroatoms. The van der Waals surface area contributed by atoms with Gasteiger partial charge in [-0.2, -0.15) is 0 Å². The van der Waals surface area contributed by atoms with E-state index in [1.165, 1.54) is 0 Å². The Hall–Kier alpha value is -2.37. The first-order valence-corrected chi connectivity index (χ1v) is 10.4. The van der Waals surface area contributed by atoms with E-state index in [1.807, 2.05) is 31.2 Å². The fourth-order valence-corrected chi connectivity index (χ4v) is 4.16. The summed E-state index contributed by atoms with van der Waals surface area (Å²) in [5.74, 6) is -0.216. The van der Waals surface area contributed by atoms with E-state index in [1.54, 1.807) is 18.3 Å². The minimum atomic E-state index is -0.441. The van der Waals surface area contributed by atoms with Gasteiger partial charge in [-0.3, -0.25) is 9.69 Å². The monoisotopic (exact) mass is 414 g/mol. The molecule has 1 saturated heterocycles. The number of benzene rings is 2. The number of fused-ring (bicyclic) bond motifs is 1. The average Bonchev–Trinajstić information content (AvgIpc) is 2.73. The minimum absolute atomic E-state index is 0.0449. The van der Waals surface area contributed by atoms with Crippen LogP contribution < -0.4 is 10.3 Å². The fourth-order valence-electron chi connectivity index (χ4n) is 3.96. The number of nitrogens with one attached hydrogen (secondary N) is 1. The molecule has 0 radical (unpaired) electrons. The summed E-state index contributed by atoms with van der Waals surface area (Å²) < 4.78 is 21.2. The third-order valence-corrected chi connectivity index (χ3v) is 5.98. The van der Waals surface area contributed by atoms with Crippen molar-refractivity contribution in [1.29, 1.82) is 0 Å². The summed E-state index contributed by atoms with van der Waals surface area (Å²) in [7, 11) is 0. The number of hydrogen-bond acceptors (Lipinski definition) is 3. The van der Waals surface area contributed by atoms with Gasteiger partial charge in [0.1, 0.15) is 6.10 Å². The van der Waals surface area contributed by atoms with Gasteiger partial charge in [-0.25, -0.2) is 4.39 Å². The van der Waals surface area contributed by atoms with Crippen LogP contribution in [0.15, 0.2) is 47.4 Å². The fraction of sp³-hybridized carbons (Fsp3) is 0.348. The minimum Gasteiger partial charge on any atom is -0.487 e. The van der Waals surface area contributed by atoms with Crippen molar-refractivity contribution in [2.75, 3.05) is 13.1 Å². The Morgan fingerprint density at radius 1 is 1.17 bits per heavy atom. The van der Waals surface area contributed by atoms with Crippen LogP contribution in [0, 0.1) is 5.82 Å². The molecule has 4 rings (SSSR count). The summed E-state index contributed by atoms with van der Waals surface area (Å²) in [6, 6.07) is 11.1. The van der Waals surface area contributed by atoms with Gasteiger partial charge in [0, 0.05) is 36.2 Å². The number of likely N-dealkylation sites (tertiary alicyclic amines) is 1. The number of ether oxygens (including phenoxy) is 1. The number of aromatic amines is 1. The molecule has 0 unspecified atom stereocenters. The lowest BCUT2D eigenvalue weighted by atomic mass is 10.0. The molecule has 1 aromatic heterocycles. The summed E-state index contributed by atoms with van der Waals surface area (Å²) in [5.41, 5.74) is 1.61. The van der Waals surface area contributed by atoms with Gasteiger partial charge in [0.25, 0.3) is 5.56 Å². The number of aromatic nitrogens is 1. The highest BCUT2D eigenvalue weighted by molar-refractivity contribution is 6.31. The first-order valence-electron chi connectivity index (χ1n) is 10.0. The molecule has 152 valence electrons. The SMILES string of the molecule is CCc1c[nH]c(=O)c2ccc(OC3CCN(Cc4ccccc4Cl)CC3)c(F)c12. The molecule has 29 heavy (non-hydrogen) atoms. The molecular weight excluding hydrogens is 391 g/mol. The Kier molecular flexibility index (Phi) is 5.88. The van der Waals surface area contributed by atoms with Crippen molar-refractivity contribution in [3.8, 4) is 5.75 Å². The molecule has 0 atom stereocenters. The number of hydrogen-bond donors (Lipinski definition) is 1. The zero-order valence-electron chi connectivity index (χ0n) is 16.4. The van der Waals surface area contributed by atoms with Crippen molar-refractivity contribution in [3.63, 3.8) is 0 Å². The Labute approximate surface area is 174 Å². The molecule has 0 aliphatic carbocycles. The Bertz CT molecular complexity index is 1070. The predicted molar refractivity (Wildman–Crippen MR) is 114 cm³/mol. The third-order valence-electron chi connectivity index (χ3n) is 5.61. The van der Waals surface area contributed by atoms with Crippen LogP contribution in [-0.4, -0.2) is 29.1 Å². The van der Waals surface area contributed by atoms with Crippen molar-refractivity contribution in [1.82, 2.24) is 9.88 Å². The van der Waals surface area contributed by atoms with Gasteiger partial charge in [0.2, 0.25) is 0 Å². The second-order valence-electron chi connectivity index (χ2n) is 7.48. The quantitative estimate of drug-likeness (QED) is 0.644. The van der Waals surface area contributed by atoms with Crippen molar-refractivity contribution in [2.45, 2.75) is 38.8 Å². The largest absolute Gasteiger partial charge is 0.487 e. The van der Waals surface area contributed by atoms with Gasteiger partial charge >= 0.3 is 0 Å². The predicted octanol–water partition coefficient (Wildman–Crippen LogP) is 4.93. The van der Waals surface area contributed by atoms with Crippen LogP contribution in [0.25, 0.3) is 10.8 Å². The second kappa shape index (κ2) is 8.56. The number of halogens is 2. The first kappa shape index (κ1) is 19.9. The number of piperidine rings is 1. The molecule has 1 N–H and O–H groups in total. The molecule has 3 aromatic rings. The van der Waals surface area contributed by atoms with Crippen LogP contribution in [-0.2, 0) is 13.0 Å². The summed E-state index contributed by atoms with van der Waals surface area (Å²) in [6.07, 6.45) is 3.81. The second-order valence-corrected chi connectivity index (χ2v) is 7.89. The zero-order valence-corrected chi connectivity index (χ0v) is 17.1. The zero-order chi connectivity index (χ0) is 20.4. The number of nitrogens with zero attached hydrogens (tertiary/aromatic N) is 1. The molecule has 0 spiro atoms. The molecule has 1 fully saturated rings. The Balaban J connectivity index is 1.46. The molecule has 0 bridgehead atoms. The van der Waals surface area contributed by atoms with Gasteiger partial charge < -0.3 is 9.72 Å². The van der Waals surface area contributed by atoms with E-state index in [0.29, 0.717) is 17.2 Å². The van der Waals surface area contributed by atoms with Gasteiger partial charge in [-0.1, -0.05) is 36.7 Å². The van der Waals surface area contributed by atoms with Crippen LogP contribution in [0.2, 0.25) is 5.02 Å². The summed E-state index contributed by atoms with van der Waals surface area (Å²) in [5, 5.41) is 1.51. The van der Waals surface area contributed by atoms with Gasteiger partial charge in [-0.15, -0.1) is 0 Å². The van der Waals surface area contributed by atoms with E-state index in [0.717, 1.165) is 48.6 Å². The highest BCUT2D eigenvalue weighted by Crippen LogP contribution is 2.30. The molecule has 2 aromatic carbocycles. The average molecular weight is 415 g/mol. The van der Waals surface area contributed by atoms with Crippen LogP contribution in [0.4, 0.5) is 4.39 Å². The van der Waals surface area contributed by atoms with Crippen molar-refractivity contribution < 1.29 is 9.13 Å². The van der Waals surface area contributed by atoms with Gasteiger partial charge in [-0.05, 0) is 48.6 Å². The smallest absolute Gasteiger partial charge is 0.255 e. The standard InChI is InChI=1S/C23H24ClFN2O2/c1-2-15-13-26-23(28)18-7-8-20(22(25)21(15)18)29-17-9-11-27(12-10-17)14-16-5-3-4-6-19(16)24/h3-8,13,17H,2,9-12,14H2,1H3,(H,26,28). The molecule has 2 heterocycles. The Morgan fingerprint density at radius 2 is 1.93 bits per heavy atom. The topological polar surface area (TPSA) is 45.3 Å². The maximum Gasteiger partial charge on any atom is 0.255 e. The van der Waals surface area contributed by atoms with Crippen molar-refractivity contribution in [2.24, 2.45) is 0 Å². The number of H-pyrrole nitrogens is 1. The summed E-state index contributed by atoms with van der Waals surface area (Å²) in [6.45, 7) is 4.48. The van der Waals surface area contributed by atoms with E-state index in [2.05, 4.69) is 9.88 Å². The highest BCUT2D eigenvalue weighted by Gasteiger charge is 2.23. The van der Waals surface area contributed by atoms with Gasteiger partial charge in [0.15, 0.2) is 11.6 Å². The summed E-state index contributed by atoms with van der Waals surface area (Å²) >= 11 is 6.26. The van der Waals surface area contributed by atoms with Crippen LogP contribution in [0.3, 0.4) is 0 Å². The first-order chi connectivity index (χ1) is 14.1. The highest BCUT2D eigenvalue weighted by atomic mass is 35.5. The number of pyridine rings is 1. The lowest BCUT2D eigenvalue weighted by molar-refractivity contribution is 0.0938. The van der Waals surface area contributed by atoms with Crippen molar-refractivity contribution >= 4 is 22.4 Å². The maximum atomic E-state index is 15.2. The molecule has 4 nitrogen and oxygen atoms in total. The maximum absolute atomic E-state index is 15.2. The Morgan fingerprint density at radius 3 is 2.66 bits per heavy atom. The van der Waals surface area contributed by atoms with E-state index >= 15 is 4.39 Å². The lowest BCUT2D eigenvalue weighted by Crippen LogP contribution is -2.38. The van der Waals surface area contributed by atoms with Crippen LogP contribution >= 0.6 is 11.6 Å². The molecular formula is C23H24ClFN2O2. The molecule has 0 saturated carbocycles. The molecule has 1 aliphatic heterocycles. The van der Waals surface area contributed by atoms with E-state index in [4.69, 9.17) is 16.3 Å². The number of rotatable bonds is 5. The van der Waals surface area contributed by atoms with Crippen molar-refractivity contribution in [3.05, 3.63) is 74.9 Å². The van der Waals surface area contributed by atoms with Crippen LogP contribution in [0.1, 0.15) is 30.9 Å². The lowest BCUT2D eigenvalue weighted by Gasteiger charge is -2.32. The van der Waals surface area contributed by atoms with Crippen LogP contribution in [0.5, 0.6) is 5.75 Å². The van der Waals surface area contributed by atoms with Gasteiger partial charge in [0.05, 0.1) is 5.39 Å². The number of aryl methyl sites for hydroxylation is 1. The summed E-state index contributed by atoms with van der Waals surface area (Å²) in [4.78, 5) is 17.0. The molecule has 0 amide bonds. The third kappa shape index (κ3) is 4.16. The molecule has 1 aliphatic rings. The normalized spacial score (nSPS) is 15.7. The van der Waals surface area contributed by atoms with E-state index in [9.17, 15) is 4.79 Å². The van der Waals surface area contributed by atoms with E-state index < -0.39 is 5.82 Å². The van der Waals surface area contributed by atoms with E-state index in [-0.39, 0.29) is 17.4 Å².